The fraction of sp³-hybridized carbons (Fsp3) is 0.680. The molecule has 1 saturated heterocycles. The summed E-state index contributed by atoms with van der Waals surface area (Å²) in [6.07, 6.45) is 3.17. The molecule has 1 aromatic heterocycles. The highest BCUT2D eigenvalue weighted by Gasteiger charge is 2.34. The maximum absolute atomic E-state index is 12.1. The van der Waals surface area contributed by atoms with Gasteiger partial charge in [0, 0.05) is 32.0 Å². The maximum atomic E-state index is 12.1. The summed E-state index contributed by atoms with van der Waals surface area (Å²) in [6.45, 7) is 14.7. The van der Waals surface area contributed by atoms with Crippen molar-refractivity contribution in [3.05, 3.63) is 24.0 Å². The number of carbonyl (C=O) groups excluding carboxylic acids is 1. The number of hydrogen-bond acceptors (Lipinski definition) is 6. The Morgan fingerprint density at radius 3 is 2.45 bits per heavy atom. The summed E-state index contributed by atoms with van der Waals surface area (Å²) >= 11 is 0. The number of carbonyl (C=O) groups is 1. The first-order valence-corrected chi connectivity index (χ1v) is 12.0. The van der Waals surface area contributed by atoms with Gasteiger partial charge in [-0.15, -0.1) is 5.23 Å². The van der Waals surface area contributed by atoms with E-state index < -0.39 is 5.60 Å². The van der Waals surface area contributed by atoms with Crippen molar-refractivity contribution in [2.24, 2.45) is 17.3 Å². The SMILES string of the molecule is CC(C)(C)Cc1nc2cc(N(O)OCC3CN(C(=O)OC(C)(C)C)C3)ccc2n1CC1CC1. The molecule has 0 radical (unpaired) electrons. The second-order valence-electron chi connectivity index (χ2n) is 11.8. The topological polar surface area (TPSA) is 80.1 Å². The molecule has 2 aromatic rings. The third-order valence-corrected chi connectivity index (χ3v) is 5.90. The Bertz CT molecular complexity index is 994. The fourth-order valence-corrected chi connectivity index (χ4v) is 4.06. The smallest absolute Gasteiger partial charge is 0.410 e. The minimum Gasteiger partial charge on any atom is -0.444 e. The summed E-state index contributed by atoms with van der Waals surface area (Å²) in [4.78, 5) is 24.2. The Kier molecular flexibility index (Phi) is 6.35. The maximum Gasteiger partial charge on any atom is 0.410 e. The monoisotopic (exact) mass is 458 g/mol. The van der Waals surface area contributed by atoms with E-state index in [0.29, 0.717) is 25.4 Å². The number of benzene rings is 1. The Hall–Kier alpha value is -2.32. The zero-order chi connectivity index (χ0) is 24.0. The van der Waals surface area contributed by atoms with Crippen molar-refractivity contribution in [2.45, 2.75) is 73.0 Å². The molecule has 2 aliphatic rings. The highest BCUT2D eigenvalue weighted by molar-refractivity contribution is 5.80. The van der Waals surface area contributed by atoms with E-state index in [-0.39, 0.29) is 17.4 Å². The van der Waals surface area contributed by atoms with Crippen LogP contribution in [0.15, 0.2) is 18.2 Å². The van der Waals surface area contributed by atoms with Crippen molar-refractivity contribution in [1.29, 1.82) is 0 Å². The van der Waals surface area contributed by atoms with Crippen LogP contribution in [0.3, 0.4) is 0 Å². The molecule has 1 aliphatic carbocycles. The number of ether oxygens (including phenoxy) is 1. The number of aromatic nitrogens is 2. The van der Waals surface area contributed by atoms with Crippen LogP contribution in [0.5, 0.6) is 0 Å². The van der Waals surface area contributed by atoms with Crippen LogP contribution in [0.1, 0.15) is 60.2 Å². The van der Waals surface area contributed by atoms with E-state index >= 15 is 0 Å². The number of hydrogen-bond donors (Lipinski definition) is 1. The molecule has 8 heteroatoms. The molecule has 0 bridgehead atoms. The standard InChI is InChI=1S/C25H38N4O4/c1-24(2,3)12-22-26-20-11-19(9-10-21(20)28(22)15-17-7-8-17)29(31)32-16-18-13-27(14-18)23(30)33-25(4,5)6/h9-11,17-18,31H,7-8,12-16H2,1-6H3. The summed E-state index contributed by atoms with van der Waals surface area (Å²) in [7, 11) is 0. The van der Waals surface area contributed by atoms with Crippen LogP contribution in [0.2, 0.25) is 0 Å². The predicted octanol–water partition coefficient (Wildman–Crippen LogP) is 5.03. The van der Waals surface area contributed by atoms with Crippen LogP contribution >= 0.6 is 0 Å². The Morgan fingerprint density at radius 1 is 1.15 bits per heavy atom. The van der Waals surface area contributed by atoms with Crippen LogP contribution in [0.25, 0.3) is 11.0 Å². The Labute approximate surface area is 196 Å². The Balaban J connectivity index is 1.37. The lowest BCUT2D eigenvalue weighted by Crippen LogP contribution is -2.53. The van der Waals surface area contributed by atoms with E-state index in [0.717, 1.165) is 41.0 Å². The van der Waals surface area contributed by atoms with Crippen molar-refractivity contribution in [3.63, 3.8) is 0 Å². The molecule has 1 amide bonds. The first kappa shape index (κ1) is 23.8. The van der Waals surface area contributed by atoms with Crippen LogP contribution in [-0.2, 0) is 22.5 Å². The molecule has 0 spiro atoms. The van der Waals surface area contributed by atoms with E-state index in [1.54, 1.807) is 4.90 Å². The molecular formula is C25H38N4O4. The van der Waals surface area contributed by atoms with E-state index in [2.05, 4.69) is 25.3 Å². The van der Waals surface area contributed by atoms with Crippen molar-refractivity contribution < 1.29 is 19.6 Å². The molecule has 0 atom stereocenters. The zero-order valence-corrected chi connectivity index (χ0v) is 20.8. The molecule has 4 rings (SSSR count). The van der Waals surface area contributed by atoms with E-state index in [1.807, 2.05) is 39.0 Å². The number of amides is 1. The number of imidazole rings is 1. The summed E-state index contributed by atoms with van der Waals surface area (Å²) < 4.78 is 7.72. The number of likely N-dealkylation sites (tertiary alicyclic amines) is 1. The minimum atomic E-state index is -0.502. The normalized spacial score (nSPS) is 17.4. The highest BCUT2D eigenvalue weighted by Crippen LogP contribution is 2.34. The second kappa shape index (κ2) is 8.80. The molecule has 2 heterocycles. The van der Waals surface area contributed by atoms with Gasteiger partial charge in [-0.25, -0.2) is 14.6 Å². The molecule has 2 fully saturated rings. The molecular weight excluding hydrogens is 420 g/mol. The van der Waals surface area contributed by atoms with E-state index in [4.69, 9.17) is 14.6 Å². The Morgan fingerprint density at radius 2 is 1.85 bits per heavy atom. The molecule has 1 N–H and O–H groups in total. The lowest BCUT2D eigenvalue weighted by atomic mass is 9.92. The fourth-order valence-electron chi connectivity index (χ4n) is 4.06. The van der Waals surface area contributed by atoms with Gasteiger partial charge < -0.3 is 14.2 Å². The van der Waals surface area contributed by atoms with Crippen LogP contribution in [0, 0.1) is 17.3 Å². The van der Waals surface area contributed by atoms with Crippen molar-refractivity contribution >= 4 is 22.8 Å². The summed E-state index contributed by atoms with van der Waals surface area (Å²) in [5.41, 5.74) is 2.16. The van der Waals surface area contributed by atoms with Gasteiger partial charge in [-0.1, -0.05) is 20.8 Å². The zero-order valence-electron chi connectivity index (χ0n) is 20.8. The van der Waals surface area contributed by atoms with Gasteiger partial charge in [-0.3, -0.25) is 5.21 Å². The first-order chi connectivity index (χ1) is 15.4. The lowest BCUT2D eigenvalue weighted by molar-refractivity contribution is -0.0783. The predicted molar refractivity (Wildman–Crippen MR) is 127 cm³/mol. The number of anilines is 1. The van der Waals surface area contributed by atoms with Gasteiger partial charge in [0.1, 0.15) is 11.4 Å². The van der Waals surface area contributed by atoms with Gasteiger partial charge >= 0.3 is 6.09 Å². The van der Waals surface area contributed by atoms with Gasteiger partial charge in [0.2, 0.25) is 0 Å². The van der Waals surface area contributed by atoms with Crippen molar-refractivity contribution in [2.75, 3.05) is 24.9 Å². The second-order valence-corrected chi connectivity index (χ2v) is 11.8. The van der Waals surface area contributed by atoms with Crippen LogP contribution < -0.4 is 5.23 Å². The first-order valence-electron chi connectivity index (χ1n) is 12.0. The average Bonchev–Trinajstić information content (AvgIpc) is 3.40. The van der Waals surface area contributed by atoms with Gasteiger partial charge in [0.25, 0.3) is 0 Å². The summed E-state index contributed by atoms with van der Waals surface area (Å²) in [6, 6.07) is 5.76. The minimum absolute atomic E-state index is 0.146. The van der Waals surface area contributed by atoms with Gasteiger partial charge in [-0.2, -0.15) is 0 Å². The molecule has 1 aromatic carbocycles. The molecule has 1 saturated carbocycles. The van der Waals surface area contributed by atoms with Gasteiger partial charge in [0.15, 0.2) is 0 Å². The van der Waals surface area contributed by atoms with Crippen LogP contribution in [0.4, 0.5) is 10.5 Å². The van der Waals surface area contributed by atoms with Gasteiger partial charge in [0.05, 0.1) is 23.3 Å². The van der Waals surface area contributed by atoms with E-state index in [1.165, 1.54) is 12.8 Å². The number of rotatable bonds is 7. The third-order valence-electron chi connectivity index (χ3n) is 5.90. The molecule has 33 heavy (non-hydrogen) atoms. The van der Waals surface area contributed by atoms with Crippen molar-refractivity contribution in [3.8, 4) is 0 Å². The van der Waals surface area contributed by atoms with E-state index in [9.17, 15) is 10.0 Å². The summed E-state index contributed by atoms with van der Waals surface area (Å²) in [5.74, 6) is 2.01. The largest absolute Gasteiger partial charge is 0.444 e. The van der Waals surface area contributed by atoms with Crippen LogP contribution in [-0.4, -0.2) is 51.0 Å². The number of nitrogens with zero attached hydrogens (tertiary/aromatic N) is 4. The highest BCUT2D eigenvalue weighted by atomic mass is 16.9. The molecule has 8 nitrogen and oxygen atoms in total. The molecule has 182 valence electrons. The lowest BCUT2D eigenvalue weighted by Gasteiger charge is -2.39. The third kappa shape index (κ3) is 6.18. The van der Waals surface area contributed by atoms with Crippen molar-refractivity contribution in [1.82, 2.24) is 14.5 Å². The average molecular weight is 459 g/mol. The molecule has 1 aliphatic heterocycles. The van der Waals surface area contributed by atoms with Gasteiger partial charge in [-0.05, 0) is 63.1 Å². The summed E-state index contributed by atoms with van der Waals surface area (Å²) in [5, 5.41) is 11.3. The molecule has 0 unspecified atom stereocenters. The quantitative estimate of drug-likeness (QED) is 0.586. The number of fused-ring (bicyclic) bond motifs is 1.